The van der Waals surface area contributed by atoms with Crippen LogP contribution in [0.2, 0.25) is 0 Å². The first-order valence-corrected chi connectivity index (χ1v) is 7.44. The summed E-state index contributed by atoms with van der Waals surface area (Å²) in [7, 11) is 0. The van der Waals surface area contributed by atoms with Gasteiger partial charge in [0.05, 0.1) is 19.1 Å². The predicted molar refractivity (Wildman–Crippen MR) is 74.7 cm³/mol. The Labute approximate surface area is 116 Å². The smallest absolute Gasteiger partial charge is 0.308 e. The molecule has 0 heterocycles. The van der Waals surface area contributed by atoms with Crippen LogP contribution in [0.5, 0.6) is 0 Å². The van der Waals surface area contributed by atoms with Crippen molar-refractivity contribution < 1.29 is 19.1 Å². The molecule has 112 valence electrons. The number of ether oxygens (including phenoxy) is 2. The van der Waals surface area contributed by atoms with Crippen molar-refractivity contribution in [2.45, 2.75) is 65.7 Å². The second kappa shape index (κ2) is 12.0. The van der Waals surface area contributed by atoms with Crippen LogP contribution >= 0.6 is 0 Å². The summed E-state index contributed by atoms with van der Waals surface area (Å²) in [6.07, 6.45) is 5.82. The molecule has 0 aromatic heterocycles. The summed E-state index contributed by atoms with van der Waals surface area (Å²) in [4.78, 5) is 22.6. The van der Waals surface area contributed by atoms with E-state index in [1.807, 2.05) is 13.8 Å². The number of esters is 2. The Hall–Kier alpha value is -1.06. The monoisotopic (exact) mass is 272 g/mol. The van der Waals surface area contributed by atoms with Crippen LogP contribution in [0.4, 0.5) is 0 Å². The normalized spacial score (nSPS) is 11.9. The molecule has 1 atom stereocenters. The zero-order valence-corrected chi connectivity index (χ0v) is 12.6. The van der Waals surface area contributed by atoms with Crippen LogP contribution < -0.4 is 0 Å². The van der Waals surface area contributed by atoms with Crippen molar-refractivity contribution in [1.82, 2.24) is 0 Å². The number of rotatable bonds is 11. The van der Waals surface area contributed by atoms with Gasteiger partial charge in [0.15, 0.2) is 0 Å². The van der Waals surface area contributed by atoms with Crippen LogP contribution in [0.25, 0.3) is 0 Å². The van der Waals surface area contributed by atoms with Gasteiger partial charge in [0.1, 0.15) is 0 Å². The van der Waals surface area contributed by atoms with Crippen molar-refractivity contribution in [3.63, 3.8) is 0 Å². The molecule has 4 heteroatoms. The van der Waals surface area contributed by atoms with E-state index in [0.717, 1.165) is 38.5 Å². The Morgan fingerprint density at radius 2 is 1.58 bits per heavy atom. The first-order valence-electron chi connectivity index (χ1n) is 7.44. The average molecular weight is 272 g/mol. The van der Waals surface area contributed by atoms with E-state index in [1.165, 1.54) is 0 Å². The van der Waals surface area contributed by atoms with E-state index in [4.69, 9.17) is 9.47 Å². The van der Waals surface area contributed by atoms with Gasteiger partial charge in [-0.1, -0.05) is 33.6 Å². The SMILES string of the molecule is CCCCC(C)C(=O)OCCCCOC(=O)CCC. The number of unbranched alkanes of at least 4 members (excludes halogenated alkanes) is 2. The van der Waals surface area contributed by atoms with Gasteiger partial charge >= 0.3 is 11.9 Å². The summed E-state index contributed by atoms with van der Waals surface area (Å²) in [6.45, 7) is 6.80. The lowest BCUT2D eigenvalue weighted by Gasteiger charge is -2.10. The average Bonchev–Trinajstić information content (AvgIpc) is 2.39. The minimum Gasteiger partial charge on any atom is -0.466 e. The number of carbonyl (C=O) groups is 2. The van der Waals surface area contributed by atoms with Crippen LogP contribution in [0, 0.1) is 5.92 Å². The lowest BCUT2D eigenvalue weighted by atomic mass is 10.1. The van der Waals surface area contributed by atoms with Gasteiger partial charge in [0.25, 0.3) is 0 Å². The molecule has 0 aromatic carbocycles. The Kier molecular flexibility index (Phi) is 11.3. The van der Waals surface area contributed by atoms with E-state index in [1.54, 1.807) is 0 Å². The topological polar surface area (TPSA) is 52.6 Å². The molecule has 0 spiro atoms. The molecule has 1 unspecified atom stereocenters. The zero-order chi connectivity index (χ0) is 14.5. The van der Waals surface area contributed by atoms with Crippen molar-refractivity contribution in [2.75, 3.05) is 13.2 Å². The Bertz CT molecular complexity index is 251. The molecule has 0 aliphatic heterocycles. The van der Waals surface area contributed by atoms with E-state index >= 15 is 0 Å². The molecule has 19 heavy (non-hydrogen) atoms. The molecule has 0 saturated heterocycles. The zero-order valence-electron chi connectivity index (χ0n) is 12.6. The van der Waals surface area contributed by atoms with Crippen molar-refractivity contribution in [2.24, 2.45) is 5.92 Å². The van der Waals surface area contributed by atoms with Crippen molar-refractivity contribution >= 4 is 11.9 Å². The fraction of sp³-hybridized carbons (Fsp3) is 0.867. The molecule has 4 nitrogen and oxygen atoms in total. The van der Waals surface area contributed by atoms with Crippen molar-refractivity contribution in [3.05, 3.63) is 0 Å². The maximum atomic E-state index is 11.6. The summed E-state index contributed by atoms with van der Waals surface area (Å²) < 4.78 is 10.2. The van der Waals surface area contributed by atoms with Gasteiger partial charge in [-0.05, 0) is 25.7 Å². The van der Waals surface area contributed by atoms with Gasteiger partial charge in [-0.25, -0.2) is 0 Å². The first kappa shape index (κ1) is 17.9. The van der Waals surface area contributed by atoms with Crippen LogP contribution in [-0.2, 0) is 19.1 Å². The van der Waals surface area contributed by atoms with Gasteiger partial charge < -0.3 is 9.47 Å². The number of carbonyl (C=O) groups excluding carboxylic acids is 2. The van der Waals surface area contributed by atoms with E-state index < -0.39 is 0 Å². The summed E-state index contributed by atoms with van der Waals surface area (Å²) >= 11 is 0. The highest BCUT2D eigenvalue weighted by Crippen LogP contribution is 2.09. The third-order valence-corrected chi connectivity index (χ3v) is 2.89. The minimum atomic E-state index is -0.146. The van der Waals surface area contributed by atoms with Crippen LogP contribution in [0.1, 0.15) is 65.7 Å². The quantitative estimate of drug-likeness (QED) is 0.427. The highest BCUT2D eigenvalue weighted by atomic mass is 16.5. The molecular formula is C15H28O4. The fourth-order valence-corrected chi connectivity index (χ4v) is 1.61. The van der Waals surface area contributed by atoms with Crippen LogP contribution in [0.15, 0.2) is 0 Å². The second-order valence-corrected chi connectivity index (χ2v) is 4.89. The third-order valence-electron chi connectivity index (χ3n) is 2.89. The van der Waals surface area contributed by atoms with E-state index in [-0.39, 0.29) is 17.9 Å². The highest BCUT2D eigenvalue weighted by molar-refractivity contribution is 5.71. The van der Waals surface area contributed by atoms with E-state index in [2.05, 4.69) is 6.92 Å². The van der Waals surface area contributed by atoms with E-state index in [9.17, 15) is 9.59 Å². The molecule has 0 aromatic rings. The van der Waals surface area contributed by atoms with Crippen LogP contribution in [0.3, 0.4) is 0 Å². The fourth-order valence-electron chi connectivity index (χ4n) is 1.61. The van der Waals surface area contributed by atoms with Gasteiger partial charge in [0.2, 0.25) is 0 Å². The third kappa shape index (κ3) is 10.5. The minimum absolute atomic E-state index is 0.0117. The standard InChI is InChI=1S/C15H28O4/c1-4-6-10-13(3)15(17)19-12-8-7-11-18-14(16)9-5-2/h13H,4-12H2,1-3H3. The summed E-state index contributed by atoms with van der Waals surface area (Å²) in [6, 6.07) is 0. The molecule has 0 aliphatic carbocycles. The first-order chi connectivity index (χ1) is 9.11. The van der Waals surface area contributed by atoms with Crippen molar-refractivity contribution in [3.8, 4) is 0 Å². The Morgan fingerprint density at radius 1 is 0.947 bits per heavy atom. The molecular weight excluding hydrogens is 244 g/mol. The highest BCUT2D eigenvalue weighted by Gasteiger charge is 2.13. The lowest BCUT2D eigenvalue weighted by Crippen LogP contribution is -2.15. The Morgan fingerprint density at radius 3 is 2.16 bits per heavy atom. The van der Waals surface area contributed by atoms with Crippen LogP contribution in [-0.4, -0.2) is 25.2 Å². The maximum Gasteiger partial charge on any atom is 0.308 e. The molecule has 0 radical (unpaired) electrons. The summed E-state index contributed by atoms with van der Waals surface area (Å²) in [5, 5.41) is 0. The largest absolute Gasteiger partial charge is 0.466 e. The molecule has 0 aliphatic rings. The lowest BCUT2D eigenvalue weighted by molar-refractivity contribution is -0.149. The Balaban J connectivity index is 3.43. The van der Waals surface area contributed by atoms with Gasteiger partial charge in [-0.2, -0.15) is 0 Å². The summed E-state index contributed by atoms with van der Waals surface area (Å²) in [5.41, 5.74) is 0. The van der Waals surface area contributed by atoms with E-state index in [0.29, 0.717) is 19.6 Å². The van der Waals surface area contributed by atoms with Gasteiger partial charge in [-0.3, -0.25) is 9.59 Å². The molecule has 0 bridgehead atoms. The van der Waals surface area contributed by atoms with Gasteiger partial charge in [-0.15, -0.1) is 0 Å². The maximum absolute atomic E-state index is 11.6. The van der Waals surface area contributed by atoms with Crippen molar-refractivity contribution in [1.29, 1.82) is 0 Å². The molecule has 0 amide bonds. The molecule has 0 saturated carbocycles. The molecule has 0 N–H and O–H groups in total. The molecule has 0 rings (SSSR count). The molecule has 0 fully saturated rings. The number of hydrogen-bond acceptors (Lipinski definition) is 4. The number of hydrogen-bond donors (Lipinski definition) is 0. The van der Waals surface area contributed by atoms with Gasteiger partial charge in [0, 0.05) is 6.42 Å². The predicted octanol–water partition coefficient (Wildman–Crippen LogP) is 3.48. The second-order valence-electron chi connectivity index (χ2n) is 4.89. The summed E-state index contributed by atoms with van der Waals surface area (Å²) in [5.74, 6) is -0.272.